The molecular weight excluding hydrogens is 363 g/mol. The van der Waals surface area contributed by atoms with Gasteiger partial charge in [0.15, 0.2) is 11.5 Å². The highest BCUT2D eigenvalue weighted by molar-refractivity contribution is 5.95. The molecule has 1 amide bonds. The summed E-state index contributed by atoms with van der Waals surface area (Å²) in [5.41, 5.74) is 1.42. The molecule has 2 heterocycles. The Hall–Kier alpha value is -2.80. The zero-order valence-electron chi connectivity index (χ0n) is 15.8. The van der Waals surface area contributed by atoms with Crippen LogP contribution in [0.15, 0.2) is 36.4 Å². The third-order valence-corrected chi connectivity index (χ3v) is 5.09. The molecule has 148 valence electrons. The van der Waals surface area contributed by atoms with Crippen molar-refractivity contribution in [2.24, 2.45) is 0 Å². The van der Waals surface area contributed by atoms with Crippen LogP contribution in [0.5, 0.6) is 17.2 Å². The van der Waals surface area contributed by atoms with Gasteiger partial charge in [0, 0.05) is 43.9 Å². The number of halogens is 1. The highest BCUT2D eigenvalue weighted by Crippen LogP contribution is 2.31. The van der Waals surface area contributed by atoms with Gasteiger partial charge >= 0.3 is 0 Å². The lowest BCUT2D eigenvalue weighted by Gasteiger charge is -2.35. The minimum absolute atomic E-state index is 0.0139. The molecule has 0 aliphatic carbocycles. The van der Waals surface area contributed by atoms with Crippen LogP contribution in [0.25, 0.3) is 0 Å². The first-order chi connectivity index (χ1) is 13.6. The zero-order valence-corrected chi connectivity index (χ0v) is 15.8. The monoisotopic (exact) mass is 386 g/mol. The summed E-state index contributed by atoms with van der Waals surface area (Å²) < 4.78 is 30.0. The molecule has 1 fully saturated rings. The molecule has 0 atom stereocenters. The molecule has 0 spiro atoms. The van der Waals surface area contributed by atoms with Gasteiger partial charge < -0.3 is 19.1 Å². The number of piperazine rings is 1. The summed E-state index contributed by atoms with van der Waals surface area (Å²) in [6, 6.07) is 9.86. The summed E-state index contributed by atoms with van der Waals surface area (Å²) in [5, 5.41) is 0. The number of amides is 1. The van der Waals surface area contributed by atoms with Gasteiger partial charge in [-0.3, -0.25) is 9.69 Å². The van der Waals surface area contributed by atoms with Crippen LogP contribution in [0.4, 0.5) is 4.39 Å². The van der Waals surface area contributed by atoms with Crippen molar-refractivity contribution in [1.82, 2.24) is 9.80 Å². The second-order valence-electron chi connectivity index (χ2n) is 6.88. The second-order valence-corrected chi connectivity index (χ2v) is 6.88. The van der Waals surface area contributed by atoms with Crippen molar-refractivity contribution in [2.75, 3.05) is 46.5 Å². The number of ether oxygens (including phenoxy) is 3. The lowest BCUT2D eigenvalue weighted by molar-refractivity contribution is 0.0626. The molecule has 0 N–H and O–H groups in total. The Bertz CT molecular complexity index is 865. The Labute approximate surface area is 163 Å². The summed E-state index contributed by atoms with van der Waals surface area (Å²) in [6.45, 7) is 4.28. The van der Waals surface area contributed by atoms with E-state index >= 15 is 0 Å². The van der Waals surface area contributed by atoms with Crippen molar-refractivity contribution in [3.05, 3.63) is 53.3 Å². The molecule has 6 nitrogen and oxygen atoms in total. The summed E-state index contributed by atoms with van der Waals surface area (Å²) in [4.78, 5) is 16.9. The molecule has 2 aromatic carbocycles. The third-order valence-electron chi connectivity index (χ3n) is 5.09. The quantitative estimate of drug-likeness (QED) is 0.809. The fraction of sp³-hybridized carbons (Fsp3) is 0.381. The van der Waals surface area contributed by atoms with E-state index in [1.165, 1.54) is 12.1 Å². The highest BCUT2D eigenvalue weighted by atomic mass is 19.1. The minimum atomic E-state index is -0.275. The lowest BCUT2D eigenvalue weighted by Crippen LogP contribution is -2.48. The molecule has 4 rings (SSSR count). The number of hydrogen-bond donors (Lipinski definition) is 0. The number of benzene rings is 2. The van der Waals surface area contributed by atoms with Gasteiger partial charge in [0.05, 0.1) is 7.11 Å². The summed E-state index contributed by atoms with van der Waals surface area (Å²) in [6.07, 6.45) is 0. The first-order valence-electron chi connectivity index (χ1n) is 9.38. The van der Waals surface area contributed by atoms with Crippen LogP contribution in [0.3, 0.4) is 0 Å². The van der Waals surface area contributed by atoms with Crippen LogP contribution in [0.1, 0.15) is 15.9 Å². The van der Waals surface area contributed by atoms with E-state index in [4.69, 9.17) is 14.2 Å². The number of fused-ring (bicyclic) bond motifs is 1. The molecule has 0 radical (unpaired) electrons. The van der Waals surface area contributed by atoms with Crippen molar-refractivity contribution in [3.8, 4) is 17.2 Å². The number of hydrogen-bond acceptors (Lipinski definition) is 5. The predicted octanol–water partition coefficient (Wildman–Crippen LogP) is 2.56. The van der Waals surface area contributed by atoms with Gasteiger partial charge in [-0.1, -0.05) is 0 Å². The van der Waals surface area contributed by atoms with Crippen molar-refractivity contribution >= 4 is 5.91 Å². The molecule has 2 aliphatic heterocycles. The Kier molecular flexibility index (Phi) is 5.34. The number of methoxy groups -OCH3 is 1. The maximum absolute atomic E-state index is 13.6. The number of carbonyl (C=O) groups excluding carboxylic acids is 1. The summed E-state index contributed by atoms with van der Waals surface area (Å²) >= 11 is 0. The maximum Gasteiger partial charge on any atom is 0.254 e. The van der Waals surface area contributed by atoms with Crippen LogP contribution in [0.2, 0.25) is 0 Å². The van der Waals surface area contributed by atoms with Gasteiger partial charge in [-0.05, 0) is 36.4 Å². The minimum Gasteiger partial charge on any atom is -0.496 e. The molecular formula is C21H23FN2O4. The molecule has 7 heteroatoms. The van der Waals surface area contributed by atoms with E-state index in [9.17, 15) is 9.18 Å². The fourth-order valence-corrected chi connectivity index (χ4v) is 3.58. The molecule has 2 aliphatic rings. The third kappa shape index (κ3) is 3.89. The van der Waals surface area contributed by atoms with Crippen LogP contribution in [0, 0.1) is 5.82 Å². The van der Waals surface area contributed by atoms with Crippen molar-refractivity contribution in [1.29, 1.82) is 0 Å². The van der Waals surface area contributed by atoms with Crippen LogP contribution in [-0.2, 0) is 6.54 Å². The summed E-state index contributed by atoms with van der Waals surface area (Å²) in [5.74, 6) is 1.69. The lowest BCUT2D eigenvalue weighted by atomic mass is 10.1. The average molecular weight is 386 g/mol. The van der Waals surface area contributed by atoms with Gasteiger partial charge in [-0.15, -0.1) is 0 Å². The Morgan fingerprint density at radius 2 is 1.79 bits per heavy atom. The molecule has 0 aromatic heterocycles. The van der Waals surface area contributed by atoms with E-state index in [0.717, 1.165) is 18.7 Å². The predicted molar refractivity (Wildman–Crippen MR) is 102 cm³/mol. The number of carbonyl (C=O) groups is 1. The van der Waals surface area contributed by atoms with Crippen LogP contribution >= 0.6 is 0 Å². The van der Waals surface area contributed by atoms with Gasteiger partial charge in [-0.2, -0.15) is 0 Å². The molecule has 28 heavy (non-hydrogen) atoms. The van der Waals surface area contributed by atoms with Gasteiger partial charge in [0.1, 0.15) is 24.8 Å². The smallest absolute Gasteiger partial charge is 0.254 e. The standard InChI is InChI=1S/C21H23FN2O4/c1-26-18-5-3-17(22)12-16(18)14-23-6-8-24(9-7-23)21(25)15-2-4-19-20(13-15)28-11-10-27-19/h2-5,12-13H,6-11,14H2,1H3. The van der Waals surface area contributed by atoms with Crippen molar-refractivity contribution in [3.63, 3.8) is 0 Å². The Morgan fingerprint density at radius 3 is 2.54 bits per heavy atom. The van der Waals surface area contributed by atoms with Crippen LogP contribution in [-0.4, -0.2) is 62.2 Å². The van der Waals surface area contributed by atoms with Crippen LogP contribution < -0.4 is 14.2 Å². The summed E-state index contributed by atoms with van der Waals surface area (Å²) in [7, 11) is 1.58. The fourth-order valence-electron chi connectivity index (χ4n) is 3.58. The van der Waals surface area contributed by atoms with Gasteiger partial charge in [0.25, 0.3) is 5.91 Å². The zero-order chi connectivity index (χ0) is 19.5. The molecule has 0 unspecified atom stereocenters. The molecule has 0 bridgehead atoms. The first kappa shape index (κ1) is 18.6. The van der Waals surface area contributed by atoms with Crippen molar-refractivity contribution < 1.29 is 23.4 Å². The van der Waals surface area contributed by atoms with E-state index < -0.39 is 0 Å². The van der Waals surface area contributed by atoms with E-state index in [1.807, 2.05) is 4.90 Å². The van der Waals surface area contributed by atoms with Crippen molar-refractivity contribution in [2.45, 2.75) is 6.54 Å². The first-order valence-corrected chi connectivity index (χ1v) is 9.38. The Balaban J connectivity index is 1.38. The maximum atomic E-state index is 13.6. The van der Waals surface area contributed by atoms with E-state index in [0.29, 0.717) is 55.7 Å². The highest BCUT2D eigenvalue weighted by Gasteiger charge is 2.24. The van der Waals surface area contributed by atoms with Gasteiger partial charge in [0.2, 0.25) is 0 Å². The topological polar surface area (TPSA) is 51.2 Å². The number of nitrogens with zero attached hydrogens (tertiary/aromatic N) is 2. The molecule has 1 saturated heterocycles. The SMILES string of the molecule is COc1ccc(F)cc1CN1CCN(C(=O)c2ccc3c(c2)OCCO3)CC1. The second kappa shape index (κ2) is 8.06. The largest absolute Gasteiger partial charge is 0.496 e. The normalized spacial score (nSPS) is 16.7. The number of rotatable bonds is 4. The molecule has 2 aromatic rings. The van der Waals surface area contributed by atoms with E-state index in [-0.39, 0.29) is 11.7 Å². The van der Waals surface area contributed by atoms with E-state index in [1.54, 1.807) is 31.4 Å². The van der Waals surface area contributed by atoms with E-state index in [2.05, 4.69) is 4.90 Å². The Morgan fingerprint density at radius 1 is 1.04 bits per heavy atom. The van der Waals surface area contributed by atoms with Gasteiger partial charge in [-0.25, -0.2) is 4.39 Å². The average Bonchev–Trinajstić information content (AvgIpc) is 2.73. The molecule has 0 saturated carbocycles.